The van der Waals surface area contributed by atoms with E-state index >= 15 is 0 Å². The van der Waals surface area contributed by atoms with Gasteiger partial charge in [-0.1, -0.05) is 0 Å². The molecule has 5 heteroatoms. The van der Waals surface area contributed by atoms with Gasteiger partial charge in [0.2, 0.25) is 0 Å². The zero-order valence-electron chi connectivity index (χ0n) is 11.7. The van der Waals surface area contributed by atoms with E-state index in [1.807, 2.05) is 19.9 Å². The summed E-state index contributed by atoms with van der Waals surface area (Å²) in [4.78, 5) is 20.8. The van der Waals surface area contributed by atoms with Gasteiger partial charge in [-0.3, -0.25) is 9.79 Å². The number of rotatable bonds is 2. The van der Waals surface area contributed by atoms with Crippen LogP contribution in [0.25, 0.3) is 10.2 Å². The van der Waals surface area contributed by atoms with E-state index < -0.39 is 5.54 Å². The minimum absolute atomic E-state index is 0.0992. The van der Waals surface area contributed by atoms with E-state index in [-0.39, 0.29) is 11.5 Å². The molecule has 20 heavy (non-hydrogen) atoms. The van der Waals surface area contributed by atoms with Gasteiger partial charge in [-0.05, 0) is 51.3 Å². The second-order valence-electron chi connectivity index (χ2n) is 5.51. The van der Waals surface area contributed by atoms with Gasteiger partial charge >= 0.3 is 0 Å². The van der Waals surface area contributed by atoms with Crippen LogP contribution >= 0.6 is 11.3 Å². The first-order chi connectivity index (χ1) is 9.39. The van der Waals surface area contributed by atoms with E-state index in [9.17, 15) is 9.90 Å². The van der Waals surface area contributed by atoms with Crippen LogP contribution in [0.2, 0.25) is 0 Å². The lowest BCUT2D eigenvalue weighted by atomic mass is 9.95. The number of aromatic nitrogens is 1. The molecule has 0 saturated carbocycles. The molecule has 1 atom stereocenters. The summed E-state index contributed by atoms with van der Waals surface area (Å²) in [5.74, 6) is 0.386. The maximum atomic E-state index is 11.6. The molecule has 0 bridgehead atoms. The topological polar surface area (TPSA) is 62.5 Å². The monoisotopic (exact) mass is 288 g/mol. The number of hydrogen-bond donors (Lipinski definition) is 1. The highest BCUT2D eigenvalue weighted by Crippen LogP contribution is 2.33. The van der Waals surface area contributed by atoms with Gasteiger partial charge in [0.1, 0.15) is 16.3 Å². The van der Waals surface area contributed by atoms with E-state index in [2.05, 4.69) is 9.98 Å². The summed E-state index contributed by atoms with van der Waals surface area (Å²) >= 11 is 1.52. The van der Waals surface area contributed by atoms with Gasteiger partial charge in [-0.25, -0.2) is 4.98 Å². The lowest BCUT2D eigenvalue weighted by Gasteiger charge is -2.14. The molecule has 1 aromatic carbocycles. The maximum Gasteiger partial charge on any atom is 0.157 e. The molecule has 1 aromatic heterocycles. The summed E-state index contributed by atoms with van der Waals surface area (Å²) in [6.45, 7) is 5.32. The molecule has 0 amide bonds. The van der Waals surface area contributed by atoms with Crippen molar-refractivity contribution in [1.29, 1.82) is 0 Å². The van der Waals surface area contributed by atoms with Crippen molar-refractivity contribution in [2.75, 3.05) is 0 Å². The van der Waals surface area contributed by atoms with Crippen LogP contribution in [0.1, 0.15) is 37.3 Å². The van der Waals surface area contributed by atoms with Crippen molar-refractivity contribution >= 4 is 33.0 Å². The van der Waals surface area contributed by atoms with Gasteiger partial charge in [0.25, 0.3) is 0 Å². The molecule has 2 aromatic rings. The third-order valence-corrected chi connectivity index (χ3v) is 5.01. The standard InChI is InChI=1S/C15H16N2O2S/c1-8-6-11-13(7-12(8)19)20-14(16-11)10-4-5-15(3,17-10)9(2)18/h6-7,19H,4-5H2,1-3H3. The fourth-order valence-electron chi connectivity index (χ4n) is 2.37. The van der Waals surface area contributed by atoms with Crippen LogP contribution < -0.4 is 0 Å². The molecular weight excluding hydrogens is 272 g/mol. The highest BCUT2D eigenvalue weighted by atomic mass is 32.1. The quantitative estimate of drug-likeness (QED) is 0.922. The third kappa shape index (κ3) is 2.02. The molecule has 0 aliphatic carbocycles. The second kappa shape index (κ2) is 4.38. The van der Waals surface area contributed by atoms with Crippen LogP contribution in [0.3, 0.4) is 0 Å². The SMILES string of the molecule is CC(=O)C1(C)CCC(c2nc3cc(C)c(O)cc3s2)=N1. The highest BCUT2D eigenvalue weighted by molar-refractivity contribution is 7.20. The van der Waals surface area contributed by atoms with Crippen molar-refractivity contribution in [3.05, 3.63) is 22.7 Å². The van der Waals surface area contributed by atoms with Gasteiger partial charge in [-0.2, -0.15) is 0 Å². The van der Waals surface area contributed by atoms with Gasteiger partial charge < -0.3 is 5.11 Å². The Morgan fingerprint density at radius 2 is 2.20 bits per heavy atom. The molecule has 0 fully saturated rings. The van der Waals surface area contributed by atoms with Gasteiger partial charge in [0.05, 0.1) is 15.9 Å². The zero-order valence-corrected chi connectivity index (χ0v) is 12.5. The van der Waals surface area contributed by atoms with E-state index in [4.69, 9.17) is 0 Å². The number of ketones is 1. The average molecular weight is 288 g/mol. The average Bonchev–Trinajstić information content (AvgIpc) is 2.95. The molecule has 0 radical (unpaired) electrons. The van der Waals surface area contributed by atoms with Crippen LogP contribution in [-0.4, -0.2) is 27.1 Å². The Balaban J connectivity index is 2.06. The number of aromatic hydroxyl groups is 1. The normalized spacial score (nSPS) is 22.2. The Kier molecular flexibility index (Phi) is 2.90. The molecular formula is C15H16N2O2S. The Labute approximate surface area is 121 Å². The van der Waals surface area contributed by atoms with E-state index in [1.165, 1.54) is 11.3 Å². The molecule has 1 aliphatic rings. The molecule has 4 nitrogen and oxygen atoms in total. The van der Waals surface area contributed by atoms with E-state index in [0.717, 1.165) is 39.3 Å². The number of benzene rings is 1. The summed E-state index contributed by atoms with van der Waals surface area (Å²) in [5, 5.41) is 10.6. The number of carbonyl (C=O) groups excluding carboxylic acids is 1. The van der Waals surface area contributed by atoms with Crippen LogP contribution in [0.4, 0.5) is 0 Å². The number of thiazole rings is 1. The number of Topliss-reactive ketones (excluding diaryl/α,β-unsaturated/α-hetero) is 1. The van der Waals surface area contributed by atoms with Crippen LogP contribution in [-0.2, 0) is 4.79 Å². The molecule has 1 aliphatic heterocycles. The number of phenols is 1. The van der Waals surface area contributed by atoms with Crippen molar-refractivity contribution in [2.45, 2.75) is 39.2 Å². The number of phenolic OH excluding ortho intramolecular Hbond substituents is 1. The van der Waals surface area contributed by atoms with Crippen molar-refractivity contribution in [1.82, 2.24) is 4.98 Å². The maximum absolute atomic E-state index is 11.6. The minimum Gasteiger partial charge on any atom is -0.508 e. The fourth-order valence-corrected chi connectivity index (χ4v) is 3.37. The zero-order chi connectivity index (χ0) is 14.5. The largest absolute Gasteiger partial charge is 0.508 e. The Hall–Kier alpha value is -1.75. The summed E-state index contributed by atoms with van der Waals surface area (Å²) in [6, 6.07) is 3.62. The molecule has 104 valence electrons. The van der Waals surface area contributed by atoms with Gasteiger partial charge in [0, 0.05) is 0 Å². The van der Waals surface area contributed by atoms with Crippen molar-refractivity contribution in [3.8, 4) is 5.75 Å². The summed E-state index contributed by atoms with van der Waals surface area (Å²) in [6.07, 6.45) is 1.53. The Bertz CT molecular complexity index is 709. The smallest absolute Gasteiger partial charge is 0.157 e. The highest BCUT2D eigenvalue weighted by Gasteiger charge is 2.35. The molecule has 2 heterocycles. The van der Waals surface area contributed by atoms with Crippen molar-refractivity contribution in [3.63, 3.8) is 0 Å². The molecule has 1 unspecified atom stereocenters. The van der Waals surface area contributed by atoms with E-state index in [0.29, 0.717) is 0 Å². The van der Waals surface area contributed by atoms with Crippen LogP contribution in [0, 0.1) is 6.92 Å². The third-order valence-electron chi connectivity index (χ3n) is 3.94. The van der Waals surface area contributed by atoms with Crippen LogP contribution in [0.5, 0.6) is 5.75 Å². The van der Waals surface area contributed by atoms with Gasteiger partial charge in [0.15, 0.2) is 5.78 Å². The summed E-state index contributed by atoms with van der Waals surface area (Å²) in [5.41, 5.74) is 2.00. The number of aryl methyl sites for hydroxylation is 1. The fraction of sp³-hybridized carbons (Fsp3) is 0.400. The minimum atomic E-state index is -0.592. The molecule has 0 saturated heterocycles. The number of aliphatic imine (C=N–C) groups is 1. The number of carbonyl (C=O) groups is 1. The number of hydrogen-bond acceptors (Lipinski definition) is 5. The summed E-state index contributed by atoms with van der Waals surface area (Å²) in [7, 11) is 0. The number of nitrogens with zero attached hydrogens (tertiary/aromatic N) is 2. The first kappa shape index (κ1) is 13.2. The lowest BCUT2D eigenvalue weighted by molar-refractivity contribution is -0.121. The molecule has 1 N–H and O–H groups in total. The predicted molar refractivity (Wildman–Crippen MR) is 80.9 cm³/mol. The summed E-state index contributed by atoms with van der Waals surface area (Å²) < 4.78 is 0.947. The van der Waals surface area contributed by atoms with Gasteiger partial charge in [-0.15, -0.1) is 11.3 Å². The Morgan fingerprint density at radius 1 is 1.45 bits per heavy atom. The van der Waals surface area contributed by atoms with Crippen molar-refractivity contribution < 1.29 is 9.90 Å². The first-order valence-electron chi connectivity index (χ1n) is 6.59. The number of fused-ring (bicyclic) bond motifs is 1. The molecule has 3 rings (SSSR count). The second-order valence-corrected chi connectivity index (χ2v) is 6.54. The Morgan fingerprint density at radius 3 is 2.85 bits per heavy atom. The van der Waals surface area contributed by atoms with E-state index in [1.54, 1.807) is 13.0 Å². The molecule has 0 spiro atoms. The van der Waals surface area contributed by atoms with Crippen LogP contribution in [0.15, 0.2) is 17.1 Å². The lowest BCUT2D eigenvalue weighted by Crippen LogP contribution is -2.27. The van der Waals surface area contributed by atoms with Crippen molar-refractivity contribution in [2.24, 2.45) is 4.99 Å². The predicted octanol–water partition coefficient (Wildman–Crippen LogP) is 3.24. The first-order valence-corrected chi connectivity index (χ1v) is 7.41.